The number of carbonyl (C=O) groups is 1. The molecule has 7 heteroatoms. The first-order valence-electron chi connectivity index (χ1n) is 11.3. The van der Waals surface area contributed by atoms with Crippen molar-refractivity contribution in [1.82, 2.24) is 9.62 Å². The van der Waals surface area contributed by atoms with Gasteiger partial charge in [-0.1, -0.05) is 37.3 Å². The number of rotatable bonds is 8. The summed E-state index contributed by atoms with van der Waals surface area (Å²) in [4.78, 5) is 13.1. The molecule has 0 aromatic heterocycles. The van der Waals surface area contributed by atoms with E-state index in [9.17, 15) is 13.2 Å². The van der Waals surface area contributed by atoms with E-state index in [0.717, 1.165) is 40.3 Å². The lowest BCUT2D eigenvalue weighted by Crippen LogP contribution is -2.46. The highest BCUT2D eigenvalue weighted by Gasteiger charge is 2.29. The van der Waals surface area contributed by atoms with Crippen LogP contribution in [0.15, 0.2) is 36.4 Å². The standard InChI is InChI=1S/C25H35N3O3S/c1-6-23(22-14-13-20-9-7-8-10-21(20)16-22)26-25(29)17-28(32(30,31)27(4)5)24-15-18(2)11-12-19(24)3/h11-16,23H,6-10,17H2,1-5H3,(H,26,29). The predicted octanol–water partition coefficient (Wildman–Crippen LogP) is 4.06. The Kier molecular flexibility index (Phi) is 7.62. The zero-order valence-electron chi connectivity index (χ0n) is 19.8. The second-order valence-electron chi connectivity index (χ2n) is 8.85. The molecule has 1 aliphatic rings. The number of anilines is 1. The molecule has 0 aliphatic heterocycles. The Bertz CT molecular complexity index is 1080. The van der Waals surface area contributed by atoms with E-state index in [-0.39, 0.29) is 18.5 Å². The summed E-state index contributed by atoms with van der Waals surface area (Å²) in [5.74, 6) is -0.319. The van der Waals surface area contributed by atoms with Gasteiger partial charge in [-0.15, -0.1) is 0 Å². The largest absolute Gasteiger partial charge is 0.348 e. The van der Waals surface area contributed by atoms with Gasteiger partial charge < -0.3 is 5.32 Å². The molecule has 0 saturated carbocycles. The molecule has 32 heavy (non-hydrogen) atoms. The average Bonchev–Trinajstić information content (AvgIpc) is 2.77. The summed E-state index contributed by atoms with van der Waals surface area (Å²) in [6, 6.07) is 11.9. The lowest BCUT2D eigenvalue weighted by Gasteiger charge is -2.29. The lowest BCUT2D eigenvalue weighted by atomic mass is 9.89. The zero-order chi connectivity index (χ0) is 23.5. The van der Waals surface area contributed by atoms with E-state index >= 15 is 0 Å². The van der Waals surface area contributed by atoms with Crippen LogP contribution in [0.1, 0.15) is 60.0 Å². The molecule has 6 nitrogen and oxygen atoms in total. The maximum Gasteiger partial charge on any atom is 0.304 e. The smallest absolute Gasteiger partial charge is 0.304 e. The maximum absolute atomic E-state index is 13.1. The third kappa shape index (κ3) is 5.33. The lowest BCUT2D eigenvalue weighted by molar-refractivity contribution is -0.120. The number of amides is 1. The Morgan fingerprint density at radius 1 is 1.03 bits per heavy atom. The van der Waals surface area contributed by atoms with Gasteiger partial charge in [0.05, 0.1) is 11.7 Å². The van der Waals surface area contributed by atoms with Crippen molar-refractivity contribution >= 4 is 21.8 Å². The van der Waals surface area contributed by atoms with Crippen molar-refractivity contribution in [3.05, 3.63) is 64.2 Å². The molecule has 3 rings (SSSR count). The summed E-state index contributed by atoms with van der Waals surface area (Å²) in [7, 11) is -0.881. The van der Waals surface area contributed by atoms with Crippen LogP contribution in [0.2, 0.25) is 0 Å². The van der Waals surface area contributed by atoms with E-state index in [2.05, 4.69) is 23.5 Å². The highest BCUT2D eigenvalue weighted by molar-refractivity contribution is 7.90. The maximum atomic E-state index is 13.1. The summed E-state index contributed by atoms with van der Waals surface area (Å²) in [6.45, 7) is 5.52. The predicted molar refractivity (Wildman–Crippen MR) is 130 cm³/mol. The fraction of sp³-hybridized carbons (Fsp3) is 0.480. The number of carbonyl (C=O) groups excluding carboxylic acids is 1. The highest BCUT2D eigenvalue weighted by Crippen LogP contribution is 2.27. The van der Waals surface area contributed by atoms with E-state index in [0.29, 0.717) is 5.69 Å². The minimum absolute atomic E-state index is 0.155. The molecular formula is C25H35N3O3S. The molecule has 1 atom stereocenters. The number of hydrogen-bond acceptors (Lipinski definition) is 3. The summed E-state index contributed by atoms with van der Waals surface area (Å²) >= 11 is 0. The van der Waals surface area contributed by atoms with Crippen molar-refractivity contribution in [3.63, 3.8) is 0 Å². The van der Waals surface area contributed by atoms with Crippen LogP contribution in [0, 0.1) is 13.8 Å². The first-order valence-corrected chi connectivity index (χ1v) is 12.7. The number of fused-ring (bicyclic) bond motifs is 1. The topological polar surface area (TPSA) is 69.7 Å². The summed E-state index contributed by atoms with van der Waals surface area (Å²) < 4.78 is 28.5. The summed E-state index contributed by atoms with van der Waals surface area (Å²) in [5.41, 5.74) is 6.11. The number of benzene rings is 2. The molecular weight excluding hydrogens is 422 g/mol. The minimum atomic E-state index is -3.84. The quantitative estimate of drug-likeness (QED) is 0.650. The van der Waals surface area contributed by atoms with Gasteiger partial charge in [0, 0.05) is 14.1 Å². The van der Waals surface area contributed by atoms with Crippen LogP contribution in [0.5, 0.6) is 0 Å². The molecule has 1 unspecified atom stereocenters. The number of aryl methyl sites for hydroxylation is 4. The van der Waals surface area contributed by atoms with Crippen LogP contribution in [0.4, 0.5) is 5.69 Å². The van der Waals surface area contributed by atoms with Crippen LogP contribution in [0.3, 0.4) is 0 Å². The van der Waals surface area contributed by atoms with Crippen molar-refractivity contribution in [2.24, 2.45) is 0 Å². The molecule has 0 spiro atoms. The van der Waals surface area contributed by atoms with Crippen molar-refractivity contribution in [2.75, 3.05) is 24.9 Å². The molecule has 174 valence electrons. The van der Waals surface area contributed by atoms with Crippen molar-refractivity contribution < 1.29 is 13.2 Å². The number of nitrogens with zero attached hydrogens (tertiary/aromatic N) is 2. The Balaban J connectivity index is 1.85. The highest BCUT2D eigenvalue weighted by atomic mass is 32.2. The van der Waals surface area contributed by atoms with Gasteiger partial charge >= 0.3 is 10.2 Å². The molecule has 1 amide bonds. The van der Waals surface area contributed by atoms with Crippen molar-refractivity contribution in [2.45, 2.75) is 58.9 Å². The van der Waals surface area contributed by atoms with Crippen LogP contribution in [0.25, 0.3) is 0 Å². The van der Waals surface area contributed by atoms with Crippen molar-refractivity contribution in [1.29, 1.82) is 0 Å². The van der Waals surface area contributed by atoms with E-state index < -0.39 is 10.2 Å². The minimum Gasteiger partial charge on any atom is -0.348 e. The molecule has 0 fully saturated rings. The van der Waals surface area contributed by atoms with Gasteiger partial charge in [0.2, 0.25) is 5.91 Å². The number of nitrogens with one attached hydrogen (secondary N) is 1. The molecule has 2 aromatic carbocycles. The van der Waals surface area contributed by atoms with Crippen molar-refractivity contribution in [3.8, 4) is 0 Å². The van der Waals surface area contributed by atoms with Gasteiger partial charge in [-0.2, -0.15) is 12.7 Å². The van der Waals surface area contributed by atoms with E-state index in [4.69, 9.17) is 0 Å². The van der Waals surface area contributed by atoms with E-state index in [1.165, 1.54) is 42.4 Å². The fourth-order valence-corrected chi connectivity index (χ4v) is 5.36. The summed E-state index contributed by atoms with van der Waals surface area (Å²) in [5, 5.41) is 3.07. The van der Waals surface area contributed by atoms with E-state index in [1.807, 2.05) is 39.0 Å². The first kappa shape index (κ1) is 24.3. The van der Waals surface area contributed by atoms with Gasteiger partial charge in [0.1, 0.15) is 6.54 Å². The molecule has 1 aliphatic carbocycles. The molecule has 0 heterocycles. The molecule has 0 bridgehead atoms. The van der Waals surface area contributed by atoms with Gasteiger partial charge in [-0.05, 0) is 79.8 Å². The normalized spacial score (nSPS) is 14.7. The van der Waals surface area contributed by atoms with Crippen LogP contribution < -0.4 is 9.62 Å². The molecule has 1 N–H and O–H groups in total. The van der Waals surface area contributed by atoms with Gasteiger partial charge in [-0.3, -0.25) is 4.79 Å². The van der Waals surface area contributed by atoms with E-state index in [1.54, 1.807) is 0 Å². The van der Waals surface area contributed by atoms with Crippen LogP contribution in [-0.4, -0.2) is 39.3 Å². The van der Waals surface area contributed by atoms with Crippen LogP contribution in [-0.2, 0) is 27.8 Å². The van der Waals surface area contributed by atoms with Gasteiger partial charge in [0.15, 0.2) is 0 Å². The Morgan fingerprint density at radius 3 is 2.38 bits per heavy atom. The van der Waals surface area contributed by atoms with Gasteiger partial charge in [0.25, 0.3) is 0 Å². The fourth-order valence-electron chi connectivity index (χ4n) is 4.24. The molecule has 2 aromatic rings. The third-order valence-electron chi connectivity index (χ3n) is 6.18. The SMILES string of the molecule is CCC(NC(=O)CN(c1cc(C)ccc1C)S(=O)(=O)N(C)C)c1ccc2c(c1)CCCC2. The molecule has 0 radical (unpaired) electrons. The third-order valence-corrected chi connectivity index (χ3v) is 7.98. The number of hydrogen-bond donors (Lipinski definition) is 1. The van der Waals surface area contributed by atoms with Gasteiger partial charge in [-0.25, -0.2) is 4.31 Å². The van der Waals surface area contributed by atoms with Crippen LogP contribution >= 0.6 is 0 Å². The molecule has 0 saturated heterocycles. The summed E-state index contributed by atoms with van der Waals surface area (Å²) in [6.07, 6.45) is 5.36. The zero-order valence-corrected chi connectivity index (χ0v) is 20.6. The Hall–Kier alpha value is -2.38. The Labute approximate surface area is 192 Å². The Morgan fingerprint density at radius 2 is 1.72 bits per heavy atom. The first-order chi connectivity index (χ1) is 15.1. The second kappa shape index (κ2) is 10.0. The average molecular weight is 458 g/mol. The second-order valence-corrected chi connectivity index (χ2v) is 10.9. The monoisotopic (exact) mass is 457 g/mol.